The number of H-pyrrole nitrogens is 1. The Labute approximate surface area is 135 Å². The van der Waals surface area contributed by atoms with Crippen molar-refractivity contribution in [3.05, 3.63) is 58.8 Å². The highest BCUT2D eigenvalue weighted by molar-refractivity contribution is 8.27. The highest BCUT2D eigenvalue weighted by Crippen LogP contribution is 2.35. The van der Waals surface area contributed by atoms with Crippen LogP contribution in [0.4, 0.5) is 5.69 Å². The van der Waals surface area contributed by atoms with Crippen molar-refractivity contribution < 1.29 is 14.7 Å². The number of carbonyl (C=O) groups is 2. The van der Waals surface area contributed by atoms with Crippen molar-refractivity contribution in [2.45, 2.75) is 0 Å². The molecule has 0 atom stereocenters. The number of hydrogen-bond acceptors (Lipinski definition) is 4. The molecule has 0 saturated carbocycles. The molecule has 22 heavy (non-hydrogen) atoms. The molecule has 0 spiro atoms. The highest BCUT2D eigenvalue weighted by atomic mass is 32.2. The van der Waals surface area contributed by atoms with E-state index in [1.54, 1.807) is 24.4 Å². The standard InChI is InChI=1S/C15H10N2O3S2/c18-13-12(8-10-2-1-7-16-10)22-15(21)17(13)11-5-3-9(4-6-11)14(19)20/h1-8,16H,(H,19,20)/b12-8+. The highest BCUT2D eigenvalue weighted by Gasteiger charge is 2.33. The maximum atomic E-state index is 12.5. The van der Waals surface area contributed by atoms with E-state index in [1.165, 1.54) is 28.8 Å². The lowest BCUT2D eigenvalue weighted by Crippen LogP contribution is -2.27. The molecule has 1 saturated heterocycles. The zero-order valence-corrected chi connectivity index (χ0v) is 12.8. The van der Waals surface area contributed by atoms with Crippen molar-refractivity contribution >= 4 is 51.9 Å². The van der Waals surface area contributed by atoms with Gasteiger partial charge in [-0.15, -0.1) is 0 Å². The normalized spacial score (nSPS) is 16.5. The molecule has 0 unspecified atom stereocenters. The second-order valence-corrected chi connectivity index (χ2v) is 6.17. The summed E-state index contributed by atoms with van der Waals surface area (Å²) in [6.07, 6.45) is 3.52. The average molecular weight is 330 g/mol. The molecular formula is C15H10N2O3S2. The lowest BCUT2D eigenvalue weighted by Gasteiger charge is -2.14. The van der Waals surface area contributed by atoms with Crippen molar-refractivity contribution in [3.63, 3.8) is 0 Å². The summed E-state index contributed by atoms with van der Waals surface area (Å²) in [7, 11) is 0. The van der Waals surface area contributed by atoms with Gasteiger partial charge in [0.05, 0.1) is 16.2 Å². The summed E-state index contributed by atoms with van der Waals surface area (Å²) < 4.78 is 0.422. The van der Waals surface area contributed by atoms with Gasteiger partial charge in [-0.05, 0) is 42.5 Å². The van der Waals surface area contributed by atoms with Crippen LogP contribution in [0.25, 0.3) is 6.08 Å². The molecule has 0 bridgehead atoms. The predicted molar refractivity (Wildman–Crippen MR) is 89.8 cm³/mol. The minimum Gasteiger partial charge on any atom is -0.478 e. The Kier molecular flexibility index (Phi) is 3.82. The van der Waals surface area contributed by atoms with Crippen molar-refractivity contribution in [2.24, 2.45) is 0 Å². The minimum atomic E-state index is -1.01. The monoisotopic (exact) mass is 330 g/mol. The molecule has 3 rings (SSSR count). The van der Waals surface area contributed by atoms with E-state index in [4.69, 9.17) is 17.3 Å². The second-order valence-electron chi connectivity index (χ2n) is 4.49. The lowest BCUT2D eigenvalue weighted by molar-refractivity contribution is -0.113. The van der Waals surface area contributed by atoms with Crippen molar-refractivity contribution in [1.82, 2.24) is 4.98 Å². The van der Waals surface area contributed by atoms with Gasteiger partial charge >= 0.3 is 5.97 Å². The quantitative estimate of drug-likeness (QED) is 0.668. The van der Waals surface area contributed by atoms with Crippen LogP contribution in [0.3, 0.4) is 0 Å². The van der Waals surface area contributed by atoms with Crippen molar-refractivity contribution in [3.8, 4) is 0 Å². The van der Waals surface area contributed by atoms with Gasteiger partial charge in [-0.25, -0.2) is 4.79 Å². The first kappa shape index (κ1) is 14.6. The Morgan fingerprint density at radius 1 is 1.27 bits per heavy atom. The van der Waals surface area contributed by atoms with Gasteiger partial charge < -0.3 is 10.1 Å². The number of carboxylic acid groups (broad SMARTS) is 1. The second kappa shape index (κ2) is 5.78. The van der Waals surface area contributed by atoms with Crippen LogP contribution in [0.5, 0.6) is 0 Å². The van der Waals surface area contributed by atoms with E-state index in [1.807, 2.05) is 12.1 Å². The molecule has 1 fully saturated rings. The fraction of sp³-hybridized carbons (Fsp3) is 0. The molecule has 0 aliphatic carbocycles. The number of thiocarbonyl (C=S) groups is 1. The molecular weight excluding hydrogens is 320 g/mol. The van der Waals surface area contributed by atoms with E-state index in [9.17, 15) is 9.59 Å². The molecule has 1 aliphatic rings. The van der Waals surface area contributed by atoms with E-state index < -0.39 is 5.97 Å². The third kappa shape index (κ3) is 2.68. The van der Waals surface area contributed by atoms with Crippen LogP contribution >= 0.6 is 24.0 Å². The molecule has 5 nitrogen and oxygen atoms in total. The van der Waals surface area contributed by atoms with Gasteiger partial charge in [0.2, 0.25) is 0 Å². The Hall–Kier alpha value is -2.38. The maximum Gasteiger partial charge on any atom is 0.335 e. The minimum absolute atomic E-state index is 0.163. The Balaban J connectivity index is 1.90. The summed E-state index contributed by atoms with van der Waals surface area (Å²) in [4.78, 5) is 28.3. The smallest absolute Gasteiger partial charge is 0.335 e. The van der Waals surface area contributed by atoms with Crippen molar-refractivity contribution in [1.29, 1.82) is 0 Å². The van der Waals surface area contributed by atoms with E-state index in [2.05, 4.69) is 4.98 Å². The number of aromatic nitrogens is 1. The number of hydrogen-bond donors (Lipinski definition) is 2. The lowest BCUT2D eigenvalue weighted by atomic mass is 10.2. The van der Waals surface area contributed by atoms with Gasteiger partial charge in [-0.2, -0.15) is 0 Å². The van der Waals surface area contributed by atoms with E-state index in [0.29, 0.717) is 14.9 Å². The Morgan fingerprint density at radius 2 is 2.00 bits per heavy atom. The number of carbonyl (C=O) groups excluding carboxylic acids is 1. The van der Waals surface area contributed by atoms with Crippen LogP contribution in [-0.4, -0.2) is 26.3 Å². The van der Waals surface area contributed by atoms with Gasteiger partial charge in [0.1, 0.15) is 0 Å². The third-order valence-corrected chi connectivity index (χ3v) is 4.38. The van der Waals surface area contributed by atoms with Crippen molar-refractivity contribution in [2.75, 3.05) is 4.90 Å². The fourth-order valence-corrected chi connectivity index (χ4v) is 3.31. The van der Waals surface area contributed by atoms with Gasteiger partial charge in [-0.3, -0.25) is 9.69 Å². The summed E-state index contributed by atoms with van der Waals surface area (Å²) >= 11 is 6.48. The first-order valence-electron chi connectivity index (χ1n) is 6.31. The largest absolute Gasteiger partial charge is 0.478 e. The number of rotatable bonds is 3. The van der Waals surface area contributed by atoms with Gasteiger partial charge in [0.15, 0.2) is 4.32 Å². The van der Waals surface area contributed by atoms with Crippen LogP contribution in [0.1, 0.15) is 16.1 Å². The summed E-state index contributed by atoms with van der Waals surface area (Å²) in [5, 5.41) is 8.91. The fourth-order valence-electron chi connectivity index (χ4n) is 2.02. The average Bonchev–Trinajstić information content (AvgIpc) is 3.09. The van der Waals surface area contributed by atoms with Crippen LogP contribution in [0.15, 0.2) is 47.5 Å². The summed E-state index contributed by atoms with van der Waals surface area (Å²) in [5.41, 5.74) is 1.54. The molecule has 1 amide bonds. The SMILES string of the molecule is O=C(O)c1ccc(N2C(=O)/C(=C\c3ccc[nH]3)SC2=S)cc1. The molecule has 2 N–H and O–H groups in total. The summed E-state index contributed by atoms with van der Waals surface area (Å²) in [6, 6.07) is 9.75. The van der Waals surface area contributed by atoms with Crippen LogP contribution < -0.4 is 4.90 Å². The third-order valence-electron chi connectivity index (χ3n) is 3.07. The molecule has 2 aromatic rings. The number of nitrogens with one attached hydrogen (secondary N) is 1. The predicted octanol–water partition coefficient (Wildman–Crippen LogP) is 3.12. The molecule has 1 aromatic carbocycles. The molecule has 0 radical (unpaired) electrons. The Bertz CT molecular complexity index is 780. The number of aromatic carboxylic acids is 1. The van der Waals surface area contributed by atoms with E-state index in [0.717, 1.165) is 5.69 Å². The first-order valence-corrected chi connectivity index (χ1v) is 7.53. The Morgan fingerprint density at radius 3 is 2.59 bits per heavy atom. The zero-order chi connectivity index (χ0) is 15.7. The van der Waals surface area contributed by atoms with Crippen LogP contribution in [0, 0.1) is 0 Å². The number of thioether (sulfide) groups is 1. The summed E-state index contributed by atoms with van der Waals surface area (Å²) in [6.45, 7) is 0. The van der Waals surface area contributed by atoms with Crippen LogP contribution in [0.2, 0.25) is 0 Å². The van der Waals surface area contributed by atoms with Gasteiger partial charge in [0, 0.05) is 11.9 Å². The van der Waals surface area contributed by atoms with Gasteiger partial charge in [0.25, 0.3) is 5.91 Å². The number of amides is 1. The summed E-state index contributed by atoms with van der Waals surface area (Å²) in [5.74, 6) is -1.23. The molecule has 110 valence electrons. The number of nitrogens with zero attached hydrogens (tertiary/aromatic N) is 1. The van der Waals surface area contributed by atoms with E-state index >= 15 is 0 Å². The molecule has 1 aliphatic heterocycles. The number of benzene rings is 1. The van der Waals surface area contributed by atoms with E-state index in [-0.39, 0.29) is 11.5 Å². The zero-order valence-electron chi connectivity index (χ0n) is 11.1. The molecule has 7 heteroatoms. The number of aromatic amines is 1. The first-order chi connectivity index (χ1) is 10.6. The maximum absolute atomic E-state index is 12.5. The number of carboxylic acids is 1. The van der Waals surface area contributed by atoms with Gasteiger partial charge in [-0.1, -0.05) is 24.0 Å². The van der Waals surface area contributed by atoms with Crippen LogP contribution in [-0.2, 0) is 4.79 Å². The molecule has 1 aromatic heterocycles. The topological polar surface area (TPSA) is 73.4 Å². The number of anilines is 1. The molecule has 2 heterocycles.